The third kappa shape index (κ3) is 4.61. The van der Waals surface area contributed by atoms with Crippen LogP contribution in [0.2, 0.25) is 0 Å². The minimum Gasteiger partial charge on any atom is -0.383 e. The Morgan fingerprint density at radius 2 is 2.41 bits per heavy atom. The Balaban J connectivity index is 2.33. The summed E-state index contributed by atoms with van der Waals surface area (Å²) in [5.41, 5.74) is 0. The van der Waals surface area contributed by atoms with Gasteiger partial charge in [-0.25, -0.2) is 0 Å². The molecule has 1 rings (SSSR count). The molecule has 1 aliphatic rings. The molecular formula is C12H25N3O2. The van der Waals surface area contributed by atoms with E-state index in [1.165, 1.54) is 12.8 Å². The summed E-state index contributed by atoms with van der Waals surface area (Å²) in [5, 5.41) is 6.25. The fourth-order valence-electron chi connectivity index (χ4n) is 2.11. The van der Waals surface area contributed by atoms with Gasteiger partial charge in [0.2, 0.25) is 5.91 Å². The zero-order valence-corrected chi connectivity index (χ0v) is 11.2. The monoisotopic (exact) mass is 243 g/mol. The summed E-state index contributed by atoms with van der Waals surface area (Å²) in [6.45, 7) is 5.17. The van der Waals surface area contributed by atoms with Crippen LogP contribution in [0.1, 0.15) is 19.8 Å². The second-order valence-corrected chi connectivity index (χ2v) is 4.63. The minimum absolute atomic E-state index is 0.0788. The number of carbonyl (C=O) groups excluding carboxylic acids is 1. The van der Waals surface area contributed by atoms with Gasteiger partial charge >= 0.3 is 0 Å². The first-order valence-corrected chi connectivity index (χ1v) is 6.36. The van der Waals surface area contributed by atoms with Crippen LogP contribution in [0.5, 0.6) is 0 Å². The number of methoxy groups -OCH3 is 1. The van der Waals surface area contributed by atoms with Crippen molar-refractivity contribution in [3.63, 3.8) is 0 Å². The molecule has 1 aliphatic heterocycles. The number of carbonyl (C=O) groups is 1. The summed E-state index contributed by atoms with van der Waals surface area (Å²) in [5.74, 6) is 0.0788. The van der Waals surface area contributed by atoms with Gasteiger partial charge in [0.25, 0.3) is 0 Å². The summed E-state index contributed by atoms with van der Waals surface area (Å²) in [6, 6.07) is 0.378. The van der Waals surface area contributed by atoms with Gasteiger partial charge in [0.1, 0.15) is 0 Å². The van der Waals surface area contributed by atoms with Gasteiger partial charge in [-0.1, -0.05) is 0 Å². The van der Waals surface area contributed by atoms with E-state index in [1.54, 1.807) is 7.11 Å². The van der Waals surface area contributed by atoms with E-state index in [2.05, 4.69) is 15.5 Å². The molecule has 17 heavy (non-hydrogen) atoms. The lowest BCUT2D eigenvalue weighted by Gasteiger charge is -2.35. The summed E-state index contributed by atoms with van der Waals surface area (Å²) < 4.78 is 4.91. The second-order valence-electron chi connectivity index (χ2n) is 4.63. The lowest BCUT2D eigenvalue weighted by atomic mass is 10.0. The van der Waals surface area contributed by atoms with Crippen molar-refractivity contribution < 1.29 is 9.53 Å². The van der Waals surface area contributed by atoms with E-state index in [-0.39, 0.29) is 11.9 Å². The van der Waals surface area contributed by atoms with Crippen molar-refractivity contribution in [3.8, 4) is 0 Å². The smallest absolute Gasteiger partial charge is 0.237 e. The van der Waals surface area contributed by atoms with E-state index in [9.17, 15) is 4.79 Å². The molecular weight excluding hydrogens is 218 g/mol. The van der Waals surface area contributed by atoms with Crippen LogP contribution in [0.15, 0.2) is 0 Å². The van der Waals surface area contributed by atoms with E-state index < -0.39 is 0 Å². The molecule has 1 heterocycles. The van der Waals surface area contributed by atoms with Gasteiger partial charge in [-0.05, 0) is 33.4 Å². The predicted octanol–water partition coefficient (Wildman–Crippen LogP) is -0.179. The fourth-order valence-corrected chi connectivity index (χ4v) is 2.11. The first-order valence-electron chi connectivity index (χ1n) is 6.36. The lowest BCUT2D eigenvalue weighted by molar-refractivity contribution is -0.126. The van der Waals surface area contributed by atoms with E-state index in [1.807, 2.05) is 14.0 Å². The van der Waals surface area contributed by atoms with Crippen LogP contribution in [-0.2, 0) is 9.53 Å². The normalized spacial score (nSPS) is 22.5. The van der Waals surface area contributed by atoms with E-state index >= 15 is 0 Å². The largest absolute Gasteiger partial charge is 0.383 e. The topological polar surface area (TPSA) is 53.6 Å². The zero-order chi connectivity index (χ0) is 12.7. The van der Waals surface area contributed by atoms with Crippen molar-refractivity contribution >= 4 is 5.91 Å². The summed E-state index contributed by atoms with van der Waals surface area (Å²) in [6.07, 6.45) is 2.35. The molecule has 2 atom stereocenters. The highest BCUT2D eigenvalue weighted by atomic mass is 16.5. The van der Waals surface area contributed by atoms with Gasteiger partial charge in [0.05, 0.1) is 12.6 Å². The second kappa shape index (κ2) is 7.63. The summed E-state index contributed by atoms with van der Waals surface area (Å²) in [4.78, 5) is 14.0. The summed E-state index contributed by atoms with van der Waals surface area (Å²) >= 11 is 0. The maximum Gasteiger partial charge on any atom is 0.237 e. The van der Waals surface area contributed by atoms with Crippen molar-refractivity contribution in [2.45, 2.75) is 31.8 Å². The highest BCUT2D eigenvalue weighted by molar-refractivity contribution is 5.81. The van der Waals surface area contributed by atoms with Crippen molar-refractivity contribution in [3.05, 3.63) is 0 Å². The number of nitrogens with one attached hydrogen (secondary N) is 2. The van der Waals surface area contributed by atoms with Crippen LogP contribution >= 0.6 is 0 Å². The molecule has 0 aromatic carbocycles. The van der Waals surface area contributed by atoms with Gasteiger partial charge in [-0.2, -0.15) is 0 Å². The van der Waals surface area contributed by atoms with Crippen LogP contribution in [0.25, 0.3) is 0 Å². The molecule has 100 valence electrons. The Morgan fingerprint density at radius 1 is 1.65 bits per heavy atom. The first kappa shape index (κ1) is 14.4. The van der Waals surface area contributed by atoms with E-state index in [4.69, 9.17) is 4.74 Å². The Kier molecular flexibility index (Phi) is 6.47. The maximum atomic E-state index is 11.9. The number of amides is 1. The zero-order valence-electron chi connectivity index (χ0n) is 11.2. The molecule has 1 amide bonds. The average Bonchev–Trinajstić information content (AvgIpc) is 2.38. The number of ether oxygens (including phenoxy) is 1. The Hall–Kier alpha value is -0.650. The molecule has 2 unspecified atom stereocenters. The number of hydrogen-bond donors (Lipinski definition) is 2. The minimum atomic E-state index is -0.0863. The first-order chi connectivity index (χ1) is 8.16. The molecule has 0 aromatic heterocycles. The Morgan fingerprint density at radius 3 is 3.00 bits per heavy atom. The van der Waals surface area contributed by atoms with Crippen LogP contribution in [0.3, 0.4) is 0 Å². The number of rotatable bonds is 6. The number of piperidine rings is 1. The Labute approximate surface area is 104 Å². The molecule has 0 aromatic rings. The van der Waals surface area contributed by atoms with Gasteiger partial charge in [-0.3, -0.25) is 9.69 Å². The van der Waals surface area contributed by atoms with Crippen LogP contribution in [0, 0.1) is 0 Å². The quantitative estimate of drug-likeness (QED) is 0.636. The maximum absolute atomic E-state index is 11.9. The van der Waals surface area contributed by atoms with E-state index in [0.29, 0.717) is 19.2 Å². The van der Waals surface area contributed by atoms with Crippen molar-refractivity contribution in [1.29, 1.82) is 0 Å². The molecule has 1 fully saturated rings. The van der Waals surface area contributed by atoms with Gasteiger partial charge < -0.3 is 15.4 Å². The molecule has 0 spiro atoms. The van der Waals surface area contributed by atoms with Crippen LogP contribution in [-0.4, -0.2) is 63.3 Å². The van der Waals surface area contributed by atoms with Crippen LogP contribution < -0.4 is 10.6 Å². The highest BCUT2D eigenvalue weighted by Crippen LogP contribution is 2.11. The highest BCUT2D eigenvalue weighted by Gasteiger charge is 2.25. The molecule has 0 saturated carbocycles. The molecule has 0 radical (unpaired) electrons. The number of nitrogens with zero attached hydrogens (tertiary/aromatic N) is 1. The third-order valence-electron chi connectivity index (χ3n) is 3.44. The van der Waals surface area contributed by atoms with Crippen molar-refractivity contribution in [1.82, 2.24) is 15.5 Å². The standard InChI is InChI=1S/C12H25N3O2/c1-10(12(16)14-7-8-17-3)15(2)11-5-4-6-13-9-11/h10-11,13H,4-9H2,1-3H3,(H,14,16). The third-order valence-corrected chi connectivity index (χ3v) is 3.44. The molecule has 1 saturated heterocycles. The molecule has 5 heteroatoms. The van der Waals surface area contributed by atoms with Crippen LogP contribution in [0.4, 0.5) is 0 Å². The number of hydrogen-bond acceptors (Lipinski definition) is 4. The average molecular weight is 243 g/mol. The molecule has 5 nitrogen and oxygen atoms in total. The van der Waals surface area contributed by atoms with Crippen molar-refractivity contribution in [2.75, 3.05) is 40.4 Å². The molecule has 0 aliphatic carbocycles. The van der Waals surface area contributed by atoms with Gasteiger partial charge in [0, 0.05) is 26.2 Å². The molecule has 2 N–H and O–H groups in total. The van der Waals surface area contributed by atoms with E-state index in [0.717, 1.165) is 13.1 Å². The predicted molar refractivity (Wildman–Crippen MR) is 68.0 cm³/mol. The SMILES string of the molecule is COCCNC(=O)C(C)N(C)C1CCCNC1. The molecule has 0 bridgehead atoms. The number of likely N-dealkylation sites (N-methyl/N-ethyl adjacent to an activating group) is 1. The summed E-state index contributed by atoms with van der Waals surface area (Å²) in [7, 11) is 3.66. The van der Waals surface area contributed by atoms with Gasteiger partial charge in [-0.15, -0.1) is 0 Å². The lowest BCUT2D eigenvalue weighted by Crippen LogP contribution is -2.52. The Bertz CT molecular complexity index is 230. The van der Waals surface area contributed by atoms with Crippen molar-refractivity contribution in [2.24, 2.45) is 0 Å². The van der Waals surface area contributed by atoms with Gasteiger partial charge in [0.15, 0.2) is 0 Å². The fraction of sp³-hybridized carbons (Fsp3) is 0.917.